The van der Waals surface area contributed by atoms with E-state index in [0.717, 1.165) is 25.6 Å². The van der Waals surface area contributed by atoms with Crippen LogP contribution in [0.4, 0.5) is 0 Å². The SMILES string of the molecule is CC.COCC1(CC(C)C)CNC1. The molecule has 1 aliphatic rings. The zero-order valence-corrected chi connectivity index (χ0v) is 9.81. The van der Waals surface area contributed by atoms with Crippen LogP contribution in [-0.4, -0.2) is 26.8 Å². The van der Waals surface area contributed by atoms with Gasteiger partial charge in [0.2, 0.25) is 0 Å². The minimum atomic E-state index is 0.461. The highest BCUT2D eigenvalue weighted by molar-refractivity contribution is 4.92. The van der Waals surface area contributed by atoms with Gasteiger partial charge in [0.15, 0.2) is 0 Å². The summed E-state index contributed by atoms with van der Waals surface area (Å²) in [6, 6.07) is 0. The third-order valence-electron chi connectivity index (χ3n) is 2.29. The molecule has 13 heavy (non-hydrogen) atoms. The van der Waals surface area contributed by atoms with Gasteiger partial charge in [-0.1, -0.05) is 27.7 Å². The van der Waals surface area contributed by atoms with Crippen LogP contribution in [0.2, 0.25) is 0 Å². The molecule has 0 aromatic carbocycles. The first-order chi connectivity index (χ1) is 6.18. The van der Waals surface area contributed by atoms with Gasteiger partial charge < -0.3 is 10.1 Å². The van der Waals surface area contributed by atoms with E-state index in [2.05, 4.69) is 19.2 Å². The van der Waals surface area contributed by atoms with Crippen molar-refractivity contribution in [1.29, 1.82) is 0 Å². The Morgan fingerprint density at radius 2 is 1.85 bits per heavy atom. The normalized spacial score (nSPS) is 18.9. The summed E-state index contributed by atoms with van der Waals surface area (Å²) in [7, 11) is 1.79. The lowest BCUT2D eigenvalue weighted by Gasteiger charge is -2.43. The van der Waals surface area contributed by atoms with Crippen molar-refractivity contribution in [1.82, 2.24) is 5.32 Å². The van der Waals surface area contributed by atoms with Crippen molar-refractivity contribution in [3.05, 3.63) is 0 Å². The molecule has 1 rings (SSSR count). The molecular formula is C11H25NO. The maximum atomic E-state index is 5.21. The zero-order chi connectivity index (χ0) is 10.3. The lowest BCUT2D eigenvalue weighted by Crippen LogP contribution is -2.56. The maximum absolute atomic E-state index is 5.21. The summed E-state index contributed by atoms with van der Waals surface area (Å²) in [6.45, 7) is 11.7. The second-order valence-electron chi connectivity index (χ2n) is 4.13. The Balaban J connectivity index is 0.000000671. The van der Waals surface area contributed by atoms with Crippen molar-refractivity contribution in [3.63, 3.8) is 0 Å². The smallest absolute Gasteiger partial charge is 0.0543 e. The van der Waals surface area contributed by atoms with E-state index in [4.69, 9.17) is 4.74 Å². The Morgan fingerprint density at radius 1 is 1.31 bits per heavy atom. The Kier molecular flexibility index (Phi) is 6.35. The predicted octanol–water partition coefficient (Wildman–Crippen LogP) is 2.29. The Hall–Kier alpha value is -0.0800. The first kappa shape index (κ1) is 12.9. The molecule has 0 aliphatic carbocycles. The summed E-state index contributed by atoms with van der Waals surface area (Å²) in [5.74, 6) is 0.784. The fraction of sp³-hybridized carbons (Fsp3) is 1.00. The third kappa shape index (κ3) is 4.10. The van der Waals surface area contributed by atoms with E-state index in [0.29, 0.717) is 5.41 Å². The topological polar surface area (TPSA) is 21.3 Å². The van der Waals surface area contributed by atoms with Crippen molar-refractivity contribution in [2.75, 3.05) is 26.8 Å². The van der Waals surface area contributed by atoms with E-state index in [9.17, 15) is 0 Å². The van der Waals surface area contributed by atoms with Crippen molar-refractivity contribution in [3.8, 4) is 0 Å². The molecule has 0 radical (unpaired) electrons. The van der Waals surface area contributed by atoms with E-state index in [-0.39, 0.29) is 0 Å². The van der Waals surface area contributed by atoms with Crippen molar-refractivity contribution >= 4 is 0 Å². The summed E-state index contributed by atoms with van der Waals surface area (Å²) in [5, 5.41) is 3.31. The molecule has 1 fully saturated rings. The molecule has 80 valence electrons. The number of nitrogens with one attached hydrogen (secondary N) is 1. The van der Waals surface area contributed by atoms with Crippen LogP contribution in [0.1, 0.15) is 34.1 Å². The van der Waals surface area contributed by atoms with Crippen LogP contribution < -0.4 is 5.32 Å². The van der Waals surface area contributed by atoms with Crippen molar-refractivity contribution < 1.29 is 4.74 Å². The van der Waals surface area contributed by atoms with Gasteiger partial charge >= 0.3 is 0 Å². The molecule has 1 heterocycles. The lowest BCUT2D eigenvalue weighted by molar-refractivity contribution is 0.0210. The van der Waals surface area contributed by atoms with Crippen molar-refractivity contribution in [2.45, 2.75) is 34.1 Å². The monoisotopic (exact) mass is 187 g/mol. The highest BCUT2D eigenvalue weighted by Crippen LogP contribution is 2.30. The van der Waals surface area contributed by atoms with E-state index in [1.807, 2.05) is 13.8 Å². The molecule has 0 aromatic rings. The zero-order valence-electron chi connectivity index (χ0n) is 9.81. The molecule has 1 saturated heterocycles. The first-order valence-electron chi connectivity index (χ1n) is 5.38. The van der Waals surface area contributed by atoms with Crippen LogP contribution in [0.15, 0.2) is 0 Å². The van der Waals surface area contributed by atoms with Crippen LogP contribution in [0.3, 0.4) is 0 Å². The second kappa shape index (κ2) is 6.39. The largest absolute Gasteiger partial charge is 0.384 e. The summed E-state index contributed by atoms with van der Waals surface area (Å²) < 4.78 is 5.21. The standard InChI is InChI=1S/C9H19NO.C2H6/c1-8(2)4-9(7-11-3)5-10-6-9;1-2/h8,10H,4-7H2,1-3H3;1-2H3. The van der Waals surface area contributed by atoms with E-state index < -0.39 is 0 Å². The molecule has 2 heteroatoms. The van der Waals surface area contributed by atoms with Crippen LogP contribution >= 0.6 is 0 Å². The number of methoxy groups -OCH3 is 1. The van der Waals surface area contributed by atoms with Gasteiger partial charge in [-0.2, -0.15) is 0 Å². The van der Waals surface area contributed by atoms with Gasteiger partial charge in [-0.05, 0) is 12.3 Å². The van der Waals surface area contributed by atoms with Crippen LogP contribution in [-0.2, 0) is 4.74 Å². The average Bonchev–Trinajstić information content (AvgIpc) is 2.04. The minimum Gasteiger partial charge on any atom is -0.384 e. The quantitative estimate of drug-likeness (QED) is 0.729. The summed E-state index contributed by atoms with van der Waals surface area (Å²) >= 11 is 0. The molecule has 0 amide bonds. The number of hydrogen-bond acceptors (Lipinski definition) is 2. The van der Waals surface area contributed by atoms with Gasteiger partial charge in [0.05, 0.1) is 6.61 Å². The van der Waals surface area contributed by atoms with Gasteiger partial charge in [0.1, 0.15) is 0 Å². The van der Waals surface area contributed by atoms with E-state index in [1.54, 1.807) is 7.11 Å². The minimum absolute atomic E-state index is 0.461. The summed E-state index contributed by atoms with van der Waals surface area (Å²) in [5.41, 5.74) is 0.461. The van der Waals surface area contributed by atoms with Gasteiger partial charge in [-0.3, -0.25) is 0 Å². The average molecular weight is 187 g/mol. The number of ether oxygens (including phenoxy) is 1. The first-order valence-corrected chi connectivity index (χ1v) is 5.38. The van der Waals surface area contributed by atoms with Crippen LogP contribution in [0.5, 0.6) is 0 Å². The summed E-state index contributed by atoms with van der Waals surface area (Å²) in [4.78, 5) is 0. The molecule has 0 atom stereocenters. The van der Waals surface area contributed by atoms with Crippen molar-refractivity contribution in [2.24, 2.45) is 11.3 Å². The molecule has 2 nitrogen and oxygen atoms in total. The number of hydrogen-bond donors (Lipinski definition) is 1. The molecule has 1 aliphatic heterocycles. The molecule has 0 bridgehead atoms. The second-order valence-corrected chi connectivity index (χ2v) is 4.13. The fourth-order valence-electron chi connectivity index (χ4n) is 1.96. The molecular weight excluding hydrogens is 162 g/mol. The maximum Gasteiger partial charge on any atom is 0.0543 e. The van der Waals surface area contributed by atoms with Gasteiger partial charge in [-0.25, -0.2) is 0 Å². The third-order valence-corrected chi connectivity index (χ3v) is 2.29. The Labute approximate surface area is 83.1 Å². The highest BCUT2D eigenvalue weighted by Gasteiger charge is 2.37. The van der Waals surface area contributed by atoms with E-state index in [1.165, 1.54) is 6.42 Å². The molecule has 0 unspecified atom stereocenters. The molecule has 0 spiro atoms. The van der Waals surface area contributed by atoms with Crippen LogP contribution in [0, 0.1) is 11.3 Å². The lowest BCUT2D eigenvalue weighted by atomic mass is 9.76. The highest BCUT2D eigenvalue weighted by atomic mass is 16.5. The van der Waals surface area contributed by atoms with E-state index >= 15 is 0 Å². The fourth-order valence-corrected chi connectivity index (χ4v) is 1.96. The van der Waals surface area contributed by atoms with Crippen LogP contribution in [0.25, 0.3) is 0 Å². The Morgan fingerprint density at radius 3 is 2.08 bits per heavy atom. The molecule has 0 saturated carbocycles. The Bertz CT molecular complexity index is 119. The summed E-state index contributed by atoms with van der Waals surface area (Å²) in [6.07, 6.45) is 1.29. The van der Waals surface area contributed by atoms with Gasteiger partial charge in [0, 0.05) is 25.6 Å². The predicted molar refractivity (Wildman–Crippen MR) is 58.0 cm³/mol. The molecule has 1 N–H and O–H groups in total. The number of rotatable bonds is 4. The van der Waals surface area contributed by atoms with Gasteiger partial charge in [0.25, 0.3) is 0 Å². The molecule has 0 aromatic heterocycles. The van der Waals surface area contributed by atoms with Gasteiger partial charge in [-0.15, -0.1) is 0 Å².